The third-order valence-electron chi connectivity index (χ3n) is 4.31. The minimum atomic E-state index is -0.960. The number of carbonyl (C=O) groups is 1. The molecule has 3 aromatic carbocycles. The first-order chi connectivity index (χ1) is 13.6. The van der Waals surface area contributed by atoms with Gasteiger partial charge in [-0.2, -0.15) is 4.98 Å². The SMILES string of the molecule is Cc1ccc(Nc2nc(Nc3ccc(C(=O)O)cc3)nc3ccccc23)cc1. The maximum Gasteiger partial charge on any atom is 0.335 e. The zero-order valence-corrected chi connectivity index (χ0v) is 15.2. The molecule has 0 saturated heterocycles. The van der Waals surface area contributed by atoms with Gasteiger partial charge in [0.15, 0.2) is 0 Å². The van der Waals surface area contributed by atoms with E-state index in [1.54, 1.807) is 12.1 Å². The van der Waals surface area contributed by atoms with E-state index in [0.29, 0.717) is 17.5 Å². The third-order valence-corrected chi connectivity index (χ3v) is 4.31. The van der Waals surface area contributed by atoms with Gasteiger partial charge < -0.3 is 15.7 Å². The van der Waals surface area contributed by atoms with Gasteiger partial charge in [-0.3, -0.25) is 0 Å². The molecule has 0 bridgehead atoms. The summed E-state index contributed by atoms with van der Waals surface area (Å²) in [5.74, 6) is 0.161. The predicted molar refractivity (Wildman–Crippen MR) is 111 cm³/mol. The molecule has 138 valence electrons. The molecule has 0 amide bonds. The summed E-state index contributed by atoms with van der Waals surface area (Å²) < 4.78 is 0. The first-order valence-corrected chi connectivity index (χ1v) is 8.79. The summed E-state index contributed by atoms with van der Waals surface area (Å²) in [6, 6.07) is 22.3. The normalized spacial score (nSPS) is 10.6. The summed E-state index contributed by atoms with van der Waals surface area (Å²) in [6.45, 7) is 2.04. The Morgan fingerprint density at radius 3 is 2.18 bits per heavy atom. The molecule has 4 rings (SSSR count). The third kappa shape index (κ3) is 3.76. The van der Waals surface area contributed by atoms with Gasteiger partial charge in [0.2, 0.25) is 5.95 Å². The number of hydrogen-bond donors (Lipinski definition) is 3. The highest BCUT2D eigenvalue weighted by atomic mass is 16.4. The Morgan fingerprint density at radius 1 is 0.821 bits per heavy atom. The van der Waals surface area contributed by atoms with Crippen molar-refractivity contribution in [2.24, 2.45) is 0 Å². The smallest absolute Gasteiger partial charge is 0.335 e. The van der Waals surface area contributed by atoms with Gasteiger partial charge in [-0.05, 0) is 55.5 Å². The second-order valence-electron chi connectivity index (χ2n) is 6.41. The van der Waals surface area contributed by atoms with Crippen molar-refractivity contribution in [3.05, 3.63) is 83.9 Å². The molecule has 4 aromatic rings. The molecule has 0 spiro atoms. The maximum absolute atomic E-state index is 11.0. The van der Waals surface area contributed by atoms with Crippen LogP contribution >= 0.6 is 0 Å². The molecule has 28 heavy (non-hydrogen) atoms. The fraction of sp³-hybridized carbons (Fsp3) is 0.0455. The number of anilines is 4. The van der Waals surface area contributed by atoms with Crippen LogP contribution in [0, 0.1) is 6.92 Å². The van der Waals surface area contributed by atoms with Gasteiger partial charge in [0.25, 0.3) is 0 Å². The number of fused-ring (bicyclic) bond motifs is 1. The lowest BCUT2D eigenvalue weighted by Crippen LogP contribution is -2.03. The van der Waals surface area contributed by atoms with Crippen molar-refractivity contribution >= 4 is 40.0 Å². The topological polar surface area (TPSA) is 87.1 Å². The van der Waals surface area contributed by atoms with Crippen molar-refractivity contribution in [1.82, 2.24) is 9.97 Å². The van der Waals surface area contributed by atoms with E-state index in [1.165, 1.54) is 17.7 Å². The molecule has 0 aliphatic heterocycles. The fourth-order valence-electron chi connectivity index (χ4n) is 2.83. The van der Waals surface area contributed by atoms with Gasteiger partial charge in [-0.1, -0.05) is 29.8 Å². The Labute approximate surface area is 161 Å². The molecule has 0 radical (unpaired) electrons. The maximum atomic E-state index is 11.0. The summed E-state index contributed by atoms with van der Waals surface area (Å²) in [6.07, 6.45) is 0. The molecule has 0 aliphatic rings. The summed E-state index contributed by atoms with van der Waals surface area (Å²) in [7, 11) is 0. The molecule has 1 heterocycles. The van der Waals surface area contributed by atoms with Gasteiger partial charge in [0.1, 0.15) is 5.82 Å². The van der Waals surface area contributed by atoms with Crippen molar-refractivity contribution in [3.8, 4) is 0 Å². The van der Waals surface area contributed by atoms with Crippen LogP contribution in [0.1, 0.15) is 15.9 Å². The van der Waals surface area contributed by atoms with Crippen molar-refractivity contribution in [2.75, 3.05) is 10.6 Å². The van der Waals surface area contributed by atoms with Crippen LogP contribution in [0.4, 0.5) is 23.1 Å². The molecule has 6 heteroatoms. The molecule has 0 saturated carbocycles. The molecule has 0 unspecified atom stereocenters. The minimum absolute atomic E-state index is 0.228. The van der Waals surface area contributed by atoms with Crippen molar-refractivity contribution in [1.29, 1.82) is 0 Å². The van der Waals surface area contributed by atoms with Crippen LogP contribution in [0.15, 0.2) is 72.8 Å². The molecular formula is C22H18N4O2. The van der Waals surface area contributed by atoms with Crippen LogP contribution < -0.4 is 10.6 Å². The zero-order valence-electron chi connectivity index (χ0n) is 15.2. The lowest BCUT2D eigenvalue weighted by molar-refractivity contribution is 0.0697. The van der Waals surface area contributed by atoms with Crippen molar-refractivity contribution in [3.63, 3.8) is 0 Å². The Kier molecular flexibility index (Phi) is 4.60. The van der Waals surface area contributed by atoms with Gasteiger partial charge >= 0.3 is 5.97 Å². The number of aromatic carboxylic acids is 1. The second kappa shape index (κ2) is 7.36. The monoisotopic (exact) mass is 370 g/mol. The van der Waals surface area contributed by atoms with Gasteiger partial charge in [0.05, 0.1) is 11.1 Å². The predicted octanol–water partition coefficient (Wildman–Crippen LogP) is 5.12. The Balaban J connectivity index is 1.69. The van der Waals surface area contributed by atoms with E-state index in [1.807, 2.05) is 55.5 Å². The number of carboxylic acid groups (broad SMARTS) is 1. The van der Waals surface area contributed by atoms with Gasteiger partial charge in [0, 0.05) is 16.8 Å². The largest absolute Gasteiger partial charge is 0.478 e. The lowest BCUT2D eigenvalue weighted by atomic mass is 10.2. The Morgan fingerprint density at radius 2 is 1.46 bits per heavy atom. The van der Waals surface area contributed by atoms with Crippen molar-refractivity contribution in [2.45, 2.75) is 6.92 Å². The lowest BCUT2D eigenvalue weighted by Gasteiger charge is -2.12. The van der Waals surface area contributed by atoms with E-state index >= 15 is 0 Å². The highest BCUT2D eigenvalue weighted by Crippen LogP contribution is 2.26. The number of hydrogen-bond acceptors (Lipinski definition) is 5. The molecular weight excluding hydrogens is 352 g/mol. The Hall–Kier alpha value is -3.93. The number of rotatable bonds is 5. The number of para-hydroxylation sites is 1. The second-order valence-corrected chi connectivity index (χ2v) is 6.41. The van der Waals surface area contributed by atoms with Crippen molar-refractivity contribution < 1.29 is 9.90 Å². The first-order valence-electron chi connectivity index (χ1n) is 8.79. The molecule has 0 fully saturated rings. The Bertz CT molecular complexity index is 1140. The highest BCUT2D eigenvalue weighted by molar-refractivity contribution is 5.92. The molecule has 1 aromatic heterocycles. The molecule has 0 atom stereocenters. The van der Waals surface area contributed by atoms with Crippen LogP contribution in [-0.4, -0.2) is 21.0 Å². The van der Waals surface area contributed by atoms with Crippen LogP contribution in [0.5, 0.6) is 0 Å². The minimum Gasteiger partial charge on any atom is -0.478 e. The van der Waals surface area contributed by atoms with E-state index in [9.17, 15) is 4.79 Å². The van der Waals surface area contributed by atoms with Gasteiger partial charge in [-0.15, -0.1) is 0 Å². The first kappa shape index (κ1) is 17.5. The van der Waals surface area contributed by atoms with E-state index in [0.717, 1.165) is 16.6 Å². The number of nitrogens with zero attached hydrogens (tertiary/aromatic N) is 2. The van der Waals surface area contributed by atoms with Crippen LogP contribution in [0.25, 0.3) is 10.9 Å². The number of benzene rings is 3. The summed E-state index contributed by atoms with van der Waals surface area (Å²) >= 11 is 0. The number of aromatic nitrogens is 2. The van der Waals surface area contributed by atoms with E-state index in [-0.39, 0.29) is 5.56 Å². The average molecular weight is 370 g/mol. The zero-order chi connectivity index (χ0) is 19.5. The average Bonchev–Trinajstić information content (AvgIpc) is 2.70. The van der Waals surface area contributed by atoms with E-state index in [2.05, 4.69) is 20.6 Å². The quantitative estimate of drug-likeness (QED) is 0.452. The fourth-order valence-corrected chi connectivity index (χ4v) is 2.83. The number of nitrogens with one attached hydrogen (secondary N) is 2. The number of aryl methyl sites for hydroxylation is 1. The molecule has 6 nitrogen and oxygen atoms in total. The summed E-state index contributed by atoms with van der Waals surface area (Å²) in [5.41, 5.74) is 3.86. The summed E-state index contributed by atoms with van der Waals surface area (Å²) in [4.78, 5) is 20.2. The number of carboxylic acids is 1. The van der Waals surface area contributed by atoms with Crippen LogP contribution in [0.2, 0.25) is 0 Å². The molecule has 0 aliphatic carbocycles. The van der Waals surface area contributed by atoms with E-state index in [4.69, 9.17) is 5.11 Å². The van der Waals surface area contributed by atoms with Gasteiger partial charge in [-0.25, -0.2) is 9.78 Å². The summed E-state index contributed by atoms with van der Waals surface area (Å²) in [5, 5.41) is 16.4. The van der Waals surface area contributed by atoms with Crippen LogP contribution in [-0.2, 0) is 0 Å². The van der Waals surface area contributed by atoms with E-state index < -0.39 is 5.97 Å². The van der Waals surface area contributed by atoms with Crippen LogP contribution in [0.3, 0.4) is 0 Å². The highest BCUT2D eigenvalue weighted by Gasteiger charge is 2.09. The standard InChI is InChI=1S/C22H18N4O2/c1-14-6-10-16(11-7-14)23-20-18-4-2-3-5-19(18)25-22(26-20)24-17-12-8-15(9-13-17)21(27)28/h2-13H,1H3,(H,27,28)(H2,23,24,25,26). The molecule has 3 N–H and O–H groups in total.